The highest BCUT2D eigenvalue weighted by atomic mass is 16.4. The highest BCUT2D eigenvalue weighted by molar-refractivity contribution is 5.78. The Bertz CT molecular complexity index is 372. The van der Waals surface area contributed by atoms with Gasteiger partial charge in [-0.3, -0.25) is 4.79 Å². The molecule has 0 aliphatic heterocycles. The van der Waals surface area contributed by atoms with Gasteiger partial charge in [0.15, 0.2) is 0 Å². The molecule has 0 spiro atoms. The summed E-state index contributed by atoms with van der Waals surface area (Å²) in [7, 11) is 1.83. The molecule has 2 N–H and O–H groups in total. The third-order valence-electron chi connectivity index (χ3n) is 5.29. The first-order valence-corrected chi connectivity index (χ1v) is 8.29. The van der Waals surface area contributed by atoms with Crippen LogP contribution in [-0.4, -0.2) is 41.6 Å². The number of carboxylic acid groups (broad SMARTS) is 1. The second-order valence-corrected chi connectivity index (χ2v) is 6.71. The van der Waals surface area contributed by atoms with E-state index < -0.39 is 11.4 Å². The Morgan fingerprint density at radius 2 is 1.67 bits per heavy atom. The minimum Gasteiger partial charge on any atom is -0.481 e. The van der Waals surface area contributed by atoms with Crippen molar-refractivity contribution in [2.45, 2.75) is 70.3 Å². The van der Waals surface area contributed by atoms with Gasteiger partial charge in [0.2, 0.25) is 0 Å². The number of nitrogens with one attached hydrogen (secondary N) is 1. The van der Waals surface area contributed by atoms with Crippen LogP contribution in [0.4, 0.5) is 4.79 Å². The Hall–Kier alpha value is -1.26. The zero-order valence-electron chi connectivity index (χ0n) is 13.1. The predicted molar refractivity (Wildman–Crippen MR) is 81.2 cm³/mol. The Kier molecular flexibility index (Phi) is 5.48. The quantitative estimate of drug-likeness (QED) is 0.838. The molecule has 0 heterocycles. The van der Waals surface area contributed by atoms with Gasteiger partial charge in [-0.2, -0.15) is 0 Å². The Labute approximate surface area is 127 Å². The fourth-order valence-corrected chi connectivity index (χ4v) is 3.70. The Morgan fingerprint density at radius 3 is 2.24 bits per heavy atom. The number of carbonyl (C=O) groups is 2. The van der Waals surface area contributed by atoms with E-state index in [1.165, 1.54) is 19.3 Å². The maximum absolute atomic E-state index is 12.3. The smallest absolute Gasteiger partial charge is 0.317 e. The number of rotatable bonds is 4. The van der Waals surface area contributed by atoms with E-state index in [1.807, 2.05) is 7.05 Å². The number of carbonyl (C=O) groups excluding carboxylic acids is 1. The summed E-state index contributed by atoms with van der Waals surface area (Å²) < 4.78 is 0. The normalized spacial score (nSPS) is 22.5. The molecule has 5 nitrogen and oxygen atoms in total. The summed E-state index contributed by atoms with van der Waals surface area (Å²) in [5.74, 6) is -0.761. The average Bonchev–Trinajstić information content (AvgIpc) is 2.53. The molecule has 0 atom stereocenters. The molecule has 2 fully saturated rings. The SMILES string of the molecule is CN(C(=O)NCC1(C(=O)O)CCCCC1)C1CCCCC1. The van der Waals surface area contributed by atoms with E-state index in [1.54, 1.807) is 4.90 Å². The lowest BCUT2D eigenvalue weighted by Crippen LogP contribution is -2.50. The summed E-state index contributed by atoms with van der Waals surface area (Å²) in [5.41, 5.74) is -0.749. The van der Waals surface area contributed by atoms with E-state index in [0.29, 0.717) is 18.9 Å². The molecule has 2 rings (SSSR count). The van der Waals surface area contributed by atoms with Crippen molar-refractivity contribution in [3.63, 3.8) is 0 Å². The molecular weight excluding hydrogens is 268 g/mol. The molecule has 0 saturated heterocycles. The minimum absolute atomic E-state index is 0.118. The molecule has 5 heteroatoms. The highest BCUT2D eigenvalue weighted by Crippen LogP contribution is 2.36. The van der Waals surface area contributed by atoms with Crippen molar-refractivity contribution >= 4 is 12.0 Å². The number of hydrogen-bond acceptors (Lipinski definition) is 2. The zero-order chi connectivity index (χ0) is 15.3. The number of urea groups is 1. The van der Waals surface area contributed by atoms with Gasteiger partial charge in [0, 0.05) is 19.6 Å². The van der Waals surface area contributed by atoms with Crippen LogP contribution in [0.25, 0.3) is 0 Å². The number of aliphatic carboxylic acids is 1. The summed E-state index contributed by atoms with van der Waals surface area (Å²) in [6.45, 7) is 0.262. The number of carboxylic acids is 1. The fourth-order valence-electron chi connectivity index (χ4n) is 3.70. The summed E-state index contributed by atoms with van der Waals surface area (Å²) in [4.78, 5) is 25.6. The van der Waals surface area contributed by atoms with Gasteiger partial charge in [-0.1, -0.05) is 38.5 Å². The zero-order valence-corrected chi connectivity index (χ0v) is 13.1. The molecule has 21 heavy (non-hydrogen) atoms. The van der Waals surface area contributed by atoms with Crippen LogP contribution in [0.2, 0.25) is 0 Å². The van der Waals surface area contributed by atoms with E-state index in [4.69, 9.17) is 0 Å². The first-order valence-electron chi connectivity index (χ1n) is 8.29. The third kappa shape index (κ3) is 3.89. The molecule has 2 amide bonds. The maximum Gasteiger partial charge on any atom is 0.317 e. The fraction of sp³-hybridized carbons (Fsp3) is 0.875. The Morgan fingerprint density at radius 1 is 1.10 bits per heavy atom. The number of hydrogen-bond donors (Lipinski definition) is 2. The molecule has 0 bridgehead atoms. The monoisotopic (exact) mass is 296 g/mol. The third-order valence-corrected chi connectivity index (χ3v) is 5.29. The molecule has 0 radical (unpaired) electrons. The van der Waals surface area contributed by atoms with Crippen LogP contribution < -0.4 is 5.32 Å². The van der Waals surface area contributed by atoms with E-state index in [9.17, 15) is 14.7 Å². The van der Waals surface area contributed by atoms with E-state index in [0.717, 1.165) is 32.1 Å². The van der Waals surface area contributed by atoms with Crippen molar-refractivity contribution in [1.82, 2.24) is 10.2 Å². The number of amides is 2. The molecular formula is C16H28N2O3. The summed E-state index contributed by atoms with van der Waals surface area (Å²) in [6, 6.07) is 0.194. The van der Waals surface area contributed by atoms with Gasteiger partial charge >= 0.3 is 12.0 Å². The van der Waals surface area contributed by atoms with Crippen LogP contribution in [0, 0.1) is 5.41 Å². The minimum atomic E-state index is -0.761. The van der Waals surface area contributed by atoms with Gasteiger partial charge in [-0.15, -0.1) is 0 Å². The van der Waals surface area contributed by atoms with Crippen molar-refractivity contribution in [3.8, 4) is 0 Å². The molecule has 0 aromatic rings. The highest BCUT2D eigenvalue weighted by Gasteiger charge is 2.40. The van der Waals surface area contributed by atoms with Gasteiger partial charge < -0.3 is 15.3 Å². The van der Waals surface area contributed by atoms with Crippen LogP contribution in [0.3, 0.4) is 0 Å². The van der Waals surface area contributed by atoms with Gasteiger partial charge in [-0.05, 0) is 25.7 Å². The van der Waals surface area contributed by atoms with Gasteiger partial charge in [-0.25, -0.2) is 4.79 Å². The van der Waals surface area contributed by atoms with E-state index >= 15 is 0 Å². The largest absolute Gasteiger partial charge is 0.481 e. The lowest BCUT2D eigenvalue weighted by molar-refractivity contribution is -0.150. The molecule has 0 aromatic heterocycles. The van der Waals surface area contributed by atoms with Crippen LogP contribution in [0.5, 0.6) is 0 Å². The van der Waals surface area contributed by atoms with Gasteiger partial charge in [0.1, 0.15) is 0 Å². The van der Waals surface area contributed by atoms with E-state index in [-0.39, 0.29) is 12.6 Å². The molecule has 2 aliphatic rings. The number of nitrogens with zero attached hydrogens (tertiary/aromatic N) is 1. The van der Waals surface area contributed by atoms with Crippen LogP contribution in [0.15, 0.2) is 0 Å². The van der Waals surface area contributed by atoms with Crippen LogP contribution >= 0.6 is 0 Å². The topological polar surface area (TPSA) is 69.6 Å². The lowest BCUT2D eigenvalue weighted by Gasteiger charge is -2.35. The van der Waals surface area contributed by atoms with Gasteiger partial charge in [0.25, 0.3) is 0 Å². The van der Waals surface area contributed by atoms with Crippen LogP contribution in [0.1, 0.15) is 64.2 Å². The van der Waals surface area contributed by atoms with Crippen molar-refractivity contribution < 1.29 is 14.7 Å². The molecule has 0 aromatic carbocycles. The molecule has 120 valence electrons. The van der Waals surface area contributed by atoms with Crippen molar-refractivity contribution in [2.24, 2.45) is 5.41 Å². The average molecular weight is 296 g/mol. The lowest BCUT2D eigenvalue weighted by atomic mass is 9.74. The van der Waals surface area contributed by atoms with Crippen LogP contribution in [-0.2, 0) is 4.79 Å². The first-order chi connectivity index (χ1) is 10.1. The van der Waals surface area contributed by atoms with Crippen molar-refractivity contribution in [1.29, 1.82) is 0 Å². The summed E-state index contributed by atoms with van der Waals surface area (Å²) in [6.07, 6.45) is 10.1. The second kappa shape index (κ2) is 7.14. The molecule has 0 unspecified atom stereocenters. The summed E-state index contributed by atoms with van der Waals surface area (Å²) in [5, 5.41) is 12.4. The molecule has 2 saturated carbocycles. The standard InChI is InChI=1S/C16H28N2O3/c1-18(13-8-4-2-5-9-13)15(21)17-12-16(14(19)20)10-6-3-7-11-16/h13H,2-12H2,1H3,(H,17,21)(H,19,20). The second-order valence-electron chi connectivity index (χ2n) is 6.71. The Balaban J connectivity index is 1.87. The van der Waals surface area contributed by atoms with Gasteiger partial charge in [0.05, 0.1) is 5.41 Å². The van der Waals surface area contributed by atoms with Crippen molar-refractivity contribution in [3.05, 3.63) is 0 Å². The maximum atomic E-state index is 12.3. The van der Waals surface area contributed by atoms with E-state index in [2.05, 4.69) is 5.32 Å². The summed E-state index contributed by atoms with van der Waals surface area (Å²) >= 11 is 0. The molecule has 2 aliphatic carbocycles. The van der Waals surface area contributed by atoms with Crippen molar-refractivity contribution in [2.75, 3.05) is 13.6 Å². The first kappa shape index (κ1) is 16.1. The predicted octanol–water partition coefficient (Wildman–Crippen LogP) is 3.00.